The second-order valence-electron chi connectivity index (χ2n) is 7.22. The third kappa shape index (κ3) is 5.27. The van der Waals surface area contributed by atoms with Crippen molar-refractivity contribution in [3.05, 3.63) is 83.4 Å². The molecule has 2 aromatic carbocycles. The molecule has 8 heteroatoms. The Hall–Kier alpha value is -3.26. The Morgan fingerprint density at radius 3 is 2.58 bits per heavy atom. The van der Waals surface area contributed by atoms with Crippen LogP contribution in [0.25, 0.3) is 0 Å². The van der Waals surface area contributed by atoms with E-state index in [1.807, 2.05) is 0 Å². The van der Waals surface area contributed by atoms with E-state index >= 15 is 0 Å². The summed E-state index contributed by atoms with van der Waals surface area (Å²) in [5, 5.41) is 19.3. The van der Waals surface area contributed by atoms with Gasteiger partial charge in [0, 0.05) is 12.1 Å². The summed E-state index contributed by atoms with van der Waals surface area (Å²) in [7, 11) is 0. The van der Waals surface area contributed by atoms with E-state index in [4.69, 9.17) is 4.74 Å². The van der Waals surface area contributed by atoms with Crippen molar-refractivity contribution in [1.82, 2.24) is 4.90 Å². The van der Waals surface area contributed by atoms with Crippen LogP contribution in [-0.4, -0.2) is 52.5 Å². The number of benzene rings is 2. The first-order chi connectivity index (χ1) is 14.8. The van der Waals surface area contributed by atoms with E-state index in [-0.39, 0.29) is 24.3 Å². The quantitative estimate of drug-likeness (QED) is 0.589. The minimum absolute atomic E-state index is 0.00925. The number of nitrogens with zero attached hydrogens (tertiary/aromatic N) is 1. The van der Waals surface area contributed by atoms with Crippen molar-refractivity contribution in [1.29, 1.82) is 0 Å². The van der Waals surface area contributed by atoms with E-state index in [9.17, 15) is 28.6 Å². The minimum Gasteiger partial charge on any atom is -0.478 e. The Morgan fingerprint density at radius 2 is 1.87 bits per heavy atom. The maximum absolute atomic E-state index is 14.4. The zero-order valence-electron chi connectivity index (χ0n) is 16.7. The molecule has 1 amide bonds. The molecule has 1 aliphatic heterocycles. The standard InChI is InChI=1S/C23H23F2NO5/c24-23(25,17-9-2-1-3-10-17)20(27)13-12-18-15-31-22(30)26(18)14-6-8-16-7-4-5-11-19(16)21(28)29/h1-5,7,9-13,18,20,27H,6,8,14-15H2,(H,28,29). The first-order valence-electron chi connectivity index (χ1n) is 9.85. The van der Waals surface area contributed by atoms with Crippen molar-refractivity contribution in [2.24, 2.45) is 0 Å². The Balaban J connectivity index is 1.62. The van der Waals surface area contributed by atoms with Gasteiger partial charge in [-0.25, -0.2) is 9.59 Å². The lowest BCUT2D eigenvalue weighted by molar-refractivity contribution is -0.0929. The molecule has 3 rings (SSSR count). The van der Waals surface area contributed by atoms with Crippen LogP contribution in [0.15, 0.2) is 66.7 Å². The molecule has 1 aliphatic rings. The van der Waals surface area contributed by atoms with Crippen molar-refractivity contribution in [3.8, 4) is 0 Å². The average Bonchev–Trinajstić information content (AvgIpc) is 3.12. The van der Waals surface area contributed by atoms with Crippen molar-refractivity contribution in [3.63, 3.8) is 0 Å². The van der Waals surface area contributed by atoms with Crippen LogP contribution in [0.1, 0.15) is 27.9 Å². The fourth-order valence-corrected chi connectivity index (χ4v) is 3.45. The number of carbonyl (C=O) groups is 2. The summed E-state index contributed by atoms with van der Waals surface area (Å²) < 4.78 is 33.9. The van der Waals surface area contributed by atoms with E-state index in [2.05, 4.69) is 0 Å². The molecule has 0 saturated carbocycles. The van der Waals surface area contributed by atoms with E-state index < -0.39 is 30.1 Å². The van der Waals surface area contributed by atoms with Crippen LogP contribution in [0.2, 0.25) is 0 Å². The number of amides is 1. The molecule has 1 saturated heterocycles. The van der Waals surface area contributed by atoms with E-state index in [1.54, 1.807) is 24.3 Å². The van der Waals surface area contributed by atoms with Crippen LogP contribution in [0.5, 0.6) is 0 Å². The molecule has 0 aliphatic carbocycles. The van der Waals surface area contributed by atoms with Crippen molar-refractivity contribution >= 4 is 12.1 Å². The van der Waals surface area contributed by atoms with Crippen molar-refractivity contribution in [2.45, 2.75) is 30.9 Å². The van der Waals surface area contributed by atoms with Crippen LogP contribution < -0.4 is 0 Å². The Kier molecular flexibility index (Phi) is 7.02. The highest BCUT2D eigenvalue weighted by Crippen LogP contribution is 2.32. The van der Waals surface area contributed by atoms with Crippen LogP contribution in [0.3, 0.4) is 0 Å². The van der Waals surface area contributed by atoms with Gasteiger partial charge in [0.05, 0.1) is 11.6 Å². The SMILES string of the molecule is O=C(O)c1ccccc1CCCN1C(=O)OCC1C=CC(O)C(F)(F)c1ccccc1. The summed E-state index contributed by atoms with van der Waals surface area (Å²) in [5.74, 6) is -4.50. The van der Waals surface area contributed by atoms with Gasteiger partial charge in [0.1, 0.15) is 12.7 Å². The molecule has 1 fully saturated rings. The lowest BCUT2D eigenvalue weighted by Gasteiger charge is -2.22. The molecule has 2 N–H and O–H groups in total. The number of aliphatic hydroxyl groups excluding tert-OH is 1. The van der Waals surface area contributed by atoms with Crippen molar-refractivity contribution < 1.29 is 33.3 Å². The molecule has 2 unspecified atom stereocenters. The molecule has 2 aromatic rings. The van der Waals surface area contributed by atoms with Gasteiger partial charge in [-0.2, -0.15) is 8.78 Å². The lowest BCUT2D eigenvalue weighted by Crippen LogP contribution is -2.34. The van der Waals surface area contributed by atoms with E-state index in [0.29, 0.717) is 18.4 Å². The number of carboxylic acids is 1. The number of hydrogen-bond donors (Lipinski definition) is 2. The van der Waals surface area contributed by atoms with Crippen LogP contribution in [-0.2, 0) is 17.1 Å². The number of aryl methyl sites for hydroxylation is 1. The topological polar surface area (TPSA) is 87.1 Å². The van der Waals surface area contributed by atoms with Gasteiger partial charge < -0.3 is 14.9 Å². The van der Waals surface area contributed by atoms with Gasteiger partial charge >= 0.3 is 18.0 Å². The highest BCUT2D eigenvalue weighted by Gasteiger charge is 2.39. The molecule has 6 nitrogen and oxygen atoms in total. The number of aliphatic hydroxyl groups is 1. The highest BCUT2D eigenvalue weighted by molar-refractivity contribution is 5.89. The van der Waals surface area contributed by atoms with Gasteiger partial charge in [0.2, 0.25) is 0 Å². The first-order valence-corrected chi connectivity index (χ1v) is 9.85. The lowest BCUT2D eigenvalue weighted by atomic mass is 10.0. The second-order valence-corrected chi connectivity index (χ2v) is 7.22. The summed E-state index contributed by atoms with van der Waals surface area (Å²) >= 11 is 0. The third-order valence-electron chi connectivity index (χ3n) is 5.15. The number of ether oxygens (including phenoxy) is 1. The van der Waals surface area contributed by atoms with Gasteiger partial charge in [-0.1, -0.05) is 60.7 Å². The number of halogens is 2. The fraction of sp³-hybridized carbons (Fsp3) is 0.304. The molecular formula is C23H23F2NO5. The van der Waals surface area contributed by atoms with Crippen LogP contribution >= 0.6 is 0 Å². The molecule has 164 valence electrons. The van der Waals surface area contributed by atoms with Gasteiger partial charge in [-0.15, -0.1) is 0 Å². The maximum atomic E-state index is 14.4. The van der Waals surface area contributed by atoms with E-state index in [1.165, 1.54) is 41.3 Å². The summed E-state index contributed by atoms with van der Waals surface area (Å²) in [5.41, 5.74) is 0.543. The summed E-state index contributed by atoms with van der Waals surface area (Å²) in [6.07, 6.45) is 0.578. The number of alkyl halides is 2. The minimum atomic E-state index is -3.48. The number of carbonyl (C=O) groups excluding carboxylic acids is 1. The zero-order valence-corrected chi connectivity index (χ0v) is 16.7. The fourth-order valence-electron chi connectivity index (χ4n) is 3.45. The summed E-state index contributed by atoms with van der Waals surface area (Å²) in [4.78, 5) is 24.7. The van der Waals surface area contributed by atoms with Gasteiger partial charge in [0.25, 0.3) is 0 Å². The Morgan fingerprint density at radius 1 is 1.19 bits per heavy atom. The number of hydrogen-bond acceptors (Lipinski definition) is 4. The first kappa shape index (κ1) is 22.4. The van der Waals surface area contributed by atoms with E-state index in [0.717, 1.165) is 6.08 Å². The molecule has 0 radical (unpaired) electrons. The largest absolute Gasteiger partial charge is 0.478 e. The summed E-state index contributed by atoms with van der Waals surface area (Å²) in [6, 6.07) is 13.0. The zero-order chi connectivity index (χ0) is 22.4. The monoisotopic (exact) mass is 431 g/mol. The van der Waals surface area contributed by atoms with Crippen LogP contribution in [0, 0.1) is 0 Å². The smallest absolute Gasteiger partial charge is 0.410 e. The van der Waals surface area contributed by atoms with Crippen LogP contribution in [0.4, 0.5) is 13.6 Å². The normalized spacial score (nSPS) is 17.7. The molecule has 2 atom stereocenters. The Bertz CT molecular complexity index is 948. The van der Waals surface area contributed by atoms with Gasteiger partial charge in [0.15, 0.2) is 0 Å². The van der Waals surface area contributed by atoms with Gasteiger partial charge in [-0.3, -0.25) is 4.90 Å². The summed E-state index contributed by atoms with van der Waals surface area (Å²) in [6.45, 7) is 0.248. The molecule has 0 bridgehead atoms. The predicted molar refractivity (Wildman–Crippen MR) is 109 cm³/mol. The highest BCUT2D eigenvalue weighted by atomic mass is 19.3. The third-order valence-corrected chi connectivity index (χ3v) is 5.15. The molecular weight excluding hydrogens is 408 g/mol. The molecule has 31 heavy (non-hydrogen) atoms. The second kappa shape index (κ2) is 9.70. The number of rotatable bonds is 9. The number of cyclic esters (lactones) is 1. The molecule has 0 aromatic heterocycles. The predicted octanol–water partition coefficient (Wildman–Crippen LogP) is 3.85. The maximum Gasteiger partial charge on any atom is 0.410 e. The number of aromatic carboxylic acids is 1. The Labute approximate surface area is 178 Å². The van der Waals surface area contributed by atoms with Gasteiger partial charge in [-0.05, 0) is 24.5 Å². The average molecular weight is 431 g/mol. The van der Waals surface area contributed by atoms with Crippen molar-refractivity contribution in [2.75, 3.05) is 13.2 Å². The molecule has 0 spiro atoms. The number of carboxylic acid groups (broad SMARTS) is 1. The molecule has 1 heterocycles.